The first-order valence-electron chi connectivity index (χ1n) is 13.4. The minimum atomic E-state index is -1.11. The third-order valence-electron chi connectivity index (χ3n) is 7.45. The van der Waals surface area contributed by atoms with Crippen molar-refractivity contribution >= 4 is 23.6 Å². The number of carboxylic acid groups (broad SMARTS) is 1. The molecule has 0 spiro atoms. The predicted molar refractivity (Wildman–Crippen MR) is 143 cm³/mol. The summed E-state index contributed by atoms with van der Waals surface area (Å²) in [5, 5.41) is 13.9. The number of hydrogen-bond donors (Lipinski definition) is 1. The van der Waals surface area contributed by atoms with Gasteiger partial charge in [-0.15, -0.1) is 0 Å². The fourth-order valence-electron chi connectivity index (χ4n) is 5.22. The summed E-state index contributed by atoms with van der Waals surface area (Å²) in [6, 6.07) is 6.69. The maximum Gasteiger partial charge on any atom is 0.335 e. The zero-order chi connectivity index (χ0) is 27.9. The SMILES string of the molecule is CCC[C@@H](C)N(CCC)C(=O)c1cc(C2(C)COC2)n2nc(-c3ccc4c(c3F)OCC(C(=O)O)=C4)cc2n1. The molecule has 2 aliphatic rings. The zero-order valence-electron chi connectivity index (χ0n) is 22.7. The van der Waals surface area contributed by atoms with E-state index in [9.17, 15) is 14.7 Å². The van der Waals surface area contributed by atoms with E-state index in [4.69, 9.17) is 14.6 Å². The van der Waals surface area contributed by atoms with Crippen molar-refractivity contribution in [2.75, 3.05) is 26.4 Å². The Morgan fingerprint density at radius 1 is 1.23 bits per heavy atom. The molecule has 39 heavy (non-hydrogen) atoms. The fourth-order valence-corrected chi connectivity index (χ4v) is 5.22. The Morgan fingerprint density at radius 2 is 2.00 bits per heavy atom. The molecule has 1 saturated heterocycles. The molecule has 0 saturated carbocycles. The van der Waals surface area contributed by atoms with Gasteiger partial charge in [0.05, 0.1) is 35.6 Å². The first kappa shape index (κ1) is 26.8. The molecule has 5 rings (SSSR count). The second-order valence-corrected chi connectivity index (χ2v) is 10.6. The molecule has 0 aliphatic carbocycles. The molecule has 1 N–H and O–H groups in total. The van der Waals surface area contributed by atoms with Crippen molar-refractivity contribution in [2.45, 2.75) is 58.4 Å². The number of hydrogen-bond acceptors (Lipinski definition) is 6. The lowest BCUT2D eigenvalue weighted by Crippen LogP contribution is -2.46. The van der Waals surface area contributed by atoms with Crippen LogP contribution in [0.25, 0.3) is 23.0 Å². The number of carboxylic acids is 1. The van der Waals surface area contributed by atoms with Crippen LogP contribution < -0.4 is 4.74 Å². The lowest BCUT2D eigenvalue weighted by Gasteiger charge is -2.38. The highest BCUT2D eigenvalue weighted by Gasteiger charge is 2.39. The first-order chi connectivity index (χ1) is 18.7. The summed E-state index contributed by atoms with van der Waals surface area (Å²) in [5.74, 6) is -1.89. The van der Waals surface area contributed by atoms with Gasteiger partial charge in [0, 0.05) is 29.8 Å². The number of carbonyl (C=O) groups excluding carboxylic acids is 1. The van der Waals surface area contributed by atoms with Crippen molar-refractivity contribution in [3.05, 3.63) is 52.6 Å². The van der Waals surface area contributed by atoms with Crippen molar-refractivity contribution in [1.29, 1.82) is 0 Å². The van der Waals surface area contributed by atoms with E-state index >= 15 is 4.39 Å². The van der Waals surface area contributed by atoms with E-state index in [1.807, 2.05) is 18.7 Å². The fraction of sp³-hybridized carbons (Fsp3) is 0.448. The van der Waals surface area contributed by atoms with Gasteiger partial charge in [-0.25, -0.2) is 18.7 Å². The molecular formula is C29H33FN4O5. The normalized spacial score (nSPS) is 16.6. The van der Waals surface area contributed by atoms with Gasteiger partial charge in [0.2, 0.25) is 0 Å². The second-order valence-electron chi connectivity index (χ2n) is 10.6. The van der Waals surface area contributed by atoms with E-state index in [0.717, 1.165) is 25.0 Å². The third-order valence-corrected chi connectivity index (χ3v) is 7.45. The summed E-state index contributed by atoms with van der Waals surface area (Å²) in [6.45, 7) is 9.60. The summed E-state index contributed by atoms with van der Waals surface area (Å²) in [7, 11) is 0. The molecular weight excluding hydrogens is 503 g/mol. The Labute approximate surface area is 226 Å². The van der Waals surface area contributed by atoms with Crippen molar-refractivity contribution in [3.63, 3.8) is 0 Å². The van der Waals surface area contributed by atoms with Crippen LogP contribution in [-0.2, 0) is 14.9 Å². The molecule has 3 aromatic rings. The number of rotatable bonds is 9. The standard InChI is InChI=1S/C29H33FN4O5/c1-5-7-17(3)33(10-6-2)27(35)22-12-23(29(4)15-38-16-29)34-24(31-22)13-21(32-34)20-9-8-18-11-19(28(36)37)14-39-26(18)25(20)30/h8-9,11-13,17H,5-7,10,14-16H2,1-4H3,(H,36,37)/t17-/m1/s1. The Bertz CT molecular complexity index is 1480. The number of ether oxygens (including phenoxy) is 2. The number of halogens is 1. The van der Waals surface area contributed by atoms with Crippen molar-refractivity contribution in [3.8, 4) is 17.0 Å². The molecule has 4 heterocycles. The quantitative estimate of drug-likeness (QED) is 0.422. The van der Waals surface area contributed by atoms with Crippen molar-refractivity contribution < 1.29 is 28.6 Å². The lowest BCUT2D eigenvalue weighted by molar-refractivity contribution is -0.133. The van der Waals surface area contributed by atoms with Crippen LogP contribution >= 0.6 is 0 Å². The van der Waals surface area contributed by atoms with Crippen LogP contribution in [0.4, 0.5) is 4.39 Å². The average molecular weight is 537 g/mol. The van der Waals surface area contributed by atoms with E-state index in [2.05, 4.69) is 18.8 Å². The highest BCUT2D eigenvalue weighted by atomic mass is 19.1. The smallest absolute Gasteiger partial charge is 0.335 e. The molecule has 1 atom stereocenters. The van der Waals surface area contributed by atoms with Gasteiger partial charge in [0.1, 0.15) is 12.3 Å². The molecule has 0 radical (unpaired) electrons. The number of nitrogens with zero attached hydrogens (tertiary/aromatic N) is 4. The third kappa shape index (κ3) is 4.78. The van der Waals surface area contributed by atoms with E-state index in [1.165, 1.54) is 6.08 Å². The van der Waals surface area contributed by atoms with Gasteiger partial charge in [-0.3, -0.25) is 4.79 Å². The van der Waals surface area contributed by atoms with Gasteiger partial charge in [-0.2, -0.15) is 5.10 Å². The largest absolute Gasteiger partial charge is 0.485 e. The van der Waals surface area contributed by atoms with Gasteiger partial charge < -0.3 is 19.5 Å². The molecule has 1 amide bonds. The van der Waals surface area contributed by atoms with Crippen LogP contribution in [0.15, 0.2) is 29.8 Å². The van der Waals surface area contributed by atoms with E-state index in [-0.39, 0.29) is 40.9 Å². The minimum Gasteiger partial charge on any atom is -0.485 e. The number of amides is 1. The highest BCUT2D eigenvalue weighted by Crippen LogP contribution is 2.37. The van der Waals surface area contributed by atoms with Crippen molar-refractivity contribution in [1.82, 2.24) is 19.5 Å². The van der Waals surface area contributed by atoms with Crippen LogP contribution in [0.5, 0.6) is 5.75 Å². The van der Waals surface area contributed by atoms with Crippen LogP contribution in [0.3, 0.4) is 0 Å². The maximum absolute atomic E-state index is 15.6. The van der Waals surface area contributed by atoms with Crippen molar-refractivity contribution in [2.24, 2.45) is 0 Å². The van der Waals surface area contributed by atoms with E-state index < -0.39 is 11.8 Å². The van der Waals surface area contributed by atoms with Gasteiger partial charge in [0.15, 0.2) is 17.2 Å². The zero-order valence-corrected chi connectivity index (χ0v) is 22.7. The van der Waals surface area contributed by atoms with Crippen LogP contribution in [0, 0.1) is 5.82 Å². The molecule has 206 valence electrons. The summed E-state index contributed by atoms with van der Waals surface area (Å²) in [6.07, 6.45) is 4.11. The summed E-state index contributed by atoms with van der Waals surface area (Å²) >= 11 is 0. The molecule has 1 aromatic carbocycles. The van der Waals surface area contributed by atoms with E-state index in [1.54, 1.807) is 28.8 Å². The van der Waals surface area contributed by atoms with Gasteiger partial charge >= 0.3 is 5.97 Å². The molecule has 2 aliphatic heterocycles. The van der Waals surface area contributed by atoms with Crippen LogP contribution in [-0.4, -0.2) is 68.9 Å². The number of carbonyl (C=O) groups is 2. The van der Waals surface area contributed by atoms with Gasteiger partial charge in [-0.1, -0.05) is 26.3 Å². The Balaban J connectivity index is 1.61. The minimum absolute atomic E-state index is 0.0157. The predicted octanol–water partition coefficient (Wildman–Crippen LogP) is 4.72. The number of aliphatic carboxylic acids is 1. The molecule has 1 fully saturated rings. The topological polar surface area (TPSA) is 106 Å². The molecule has 9 nitrogen and oxygen atoms in total. The number of fused-ring (bicyclic) bond motifs is 2. The maximum atomic E-state index is 15.6. The molecule has 10 heteroatoms. The highest BCUT2D eigenvalue weighted by molar-refractivity contribution is 5.94. The van der Waals surface area contributed by atoms with Gasteiger partial charge in [-0.05, 0) is 44.9 Å². The summed E-state index contributed by atoms with van der Waals surface area (Å²) in [5.41, 5.74) is 2.10. The Morgan fingerprint density at radius 3 is 2.64 bits per heavy atom. The molecule has 2 aromatic heterocycles. The van der Waals surface area contributed by atoms with Gasteiger partial charge in [0.25, 0.3) is 5.91 Å². The summed E-state index contributed by atoms with van der Waals surface area (Å²) < 4.78 is 28.3. The van der Waals surface area contributed by atoms with E-state index in [0.29, 0.717) is 42.4 Å². The first-order valence-corrected chi connectivity index (χ1v) is 13.4. The van der Waals surface area contributed by atoms with Crippen LogP contribution in [0.2, 0.25) is 0 Å². The number of benzene rings is 1. The summed E-state index contributed by atoms with van der Waals surface area (Å²) in [4.78, 5) is 31.6. The monoisotopic (exact) mass is 536 g/mol. The van der Waals surface area contributed by atoms with Crippen LogP contribution in [0.1, 0.15) is 68.7 Å². The Hall–Kier alpha value is -3.79. The Kier molecular flexibility index (Phi) is 7.15. The second kappa shape index (κ2) is 10.4. The lowest BCUT2D eigenvalue weighted by atomic mass is 9.84. The molecule has 0 unspecified atom stereocenters. The number of aromatic nitrogens is 3. The molecule has 0 bridgehead atoms. The average Bonchev–Trinajstić information content (AvgIpc) is 3.33.